The summed E-state index contributed by atoms with van der Waals surface area (Å²) >= 11 is 1.75. The molecule has 2 unspecified atom stereocenters. The van der Waals surface area contributed by atoms with Crippen LogP contribution in [-0.2, 0) is 16.1 Å². The van der Waals surface area contributed by atoms with E-state index in [0.717, 1.165) is 19.6 Å². The van der Waals surface area contributed by atoms with E-state index < -0.39 is 12.1 Å². The van der Waals surface area contributed by atoms with Crippen molar-refractivity contribution in [3.05, 3.63) is 28.7 Å². The van der Waals surface area contributed by atoms with Crippen LogP contribution in [0, 0.1) is 18.8 Å². The minimum absolute atomic E-state index is 0.454. The lowest BCUT2D eigenvalue weighted by atomic mass is 9.75. The molecule has 152 valence electrons. The summed E-state index contributed by atoms with van der Waals surface area (Å²) in [5, 5.41) is 10.5. The number of alkyl halides is 3. The molecule has 2 bridgehead atoms. The zero-order chi connectivity index (χ0) is 20.0. The molecule has 0 spiro atoms. The van der Waals surface area contributed by atoms with Crippen molar-refractivity contribution in [3.8, 4) is 0 Å². The summed E-state index contributed by atoms with van der Waals surface area (Å²) in [4.78, 5) is 16.1. The van der Waals surface area contributed by atoms with Crippen LogP contribution < -0.4 is 0 Å². The molecule has 1 aliphatic carbocycles. The molecule has 0 aromatic carbocycles. The molecule has 1 aliphatic heterocycles. The number of aromatic nitrogens is 1. The Kier molecular flexibility index (Phi) is 7.81. The van der Waals surface area contributed by atoms with Gasteiger partial charge in [-0.25, -0.2) is 9.78 Å². The molecule has 9 heteroatoms. The second-order valence-corrected chi connectivity index (χ2v) is 7.95. The highest BCUT2D eigenvalue weighted by molar-refractivity contribution is 7.09. The summed E-state index contributed by atoms with van der Waals surface area (Å²) in [6.07, 6.45) is 1.23. The molecule has 2 fully saturated rings. The van der Waals surface area contributed by atoms with E-state index in [4.69, 9.17) is 14.6 Å². The molecule has 1 saturated carbocycles. The summed E-state index contributed by atoms with van der Waals surface area (Å²) < 4.78 is 37.8. The maximum atomic E-state index is 10.6. The van der Waals surface area contributed by atoms with Crippen molar-refractivity contribution in [3.63, 3.8) is 0 Å². The molecular formula is C18H25F3N2O3S. The third-order valence-electron chi connectivity index (χ3n) is 4.77. The molecule has 2 aliphatic rings. The predicted molar refractivity (Wildman–Crippen MR) is 96.6 cm³/mol. The fraction of sp³-hybridized carbons (Fsp3) is 0.667. The van der Waals surface area contributed by atoms with Crippen LogP contribution in [-0.4, -0.2) is 52.9 Å². The molecule has 27 heavy (non-hydrogen) atoms. The average Bonchev–Trinajstić information content (AvgIpc) is 2.97. The highest BCUT2D eigenvalue weighted by Gasteiger charge is 2.40. The van der Waals surface area contributed by atoms with Crippen LogP contribution in [0.25, 0.3) is 0 Å². The minimum Gasteiger partial charge on any atom is -0.475 e. The highest BCUT2D eigenvalue weighted by Crippen LogP contribution is 2.37. The summed E-state index contributed by atoms with van der Waals surface area (Å²) in [5.41, 5.74) is 1.23. The molecule has 5 nitrogen and oxygen atoms in total. The minimum atomic E-state index is -5.08. The monoisotopic (exact) mass is 406 g/mol. The van der Waals surface area contributed by atoms with E-state index in [0.29, 0.717) is 24.5 Å². The maximum absolute atomic E-state index is 10.6. The van der Waals surface area contributed by atoms with Gasteiger partial charge in [-0.3, -0.25) is 4.90 Å². The highest BCUT2D eigenvalue weighted by atomic mass is 32.1. The van der Waals surface area contributed by atoms with Crippen LogP contribution >= 0.6 is 11.3 Å². The Morgan fingerprint density at radius 3 is 2.48 bits per heavy atom. The first kappa shape index (κ1) is 21.8. The van der Waals surface area contributed by atoms with Gasteiger partial charge >= 0.3 is 12.1 Å². The first-order chi connectivity index (χ1) is 12.7. The van der Waals surface area contributed by atoms with E-state index in [1.54, 1.807) is 11.3 Å². The molecule has 0 amide bonds. The first-order valence-electron chi connectivity index (χ1n) is 8.86. The van der Waals surface area contributed by atoms with Crippen LogP contribution in [0.4, 0.5) is 13.2 Å². The SMILES string of the molecule is C=CCOC1C2CCCC1CN(Cc1csc(C)n1)C2.O=C(O)C(F)(F)F. The number of ether oxygens (including phenoxy) is 1. The Morgan fingerprint density at radius 1 is 1.44 bits per heavy atom. The molecule has 1 N–H and O–H groups in total. The number of aliphatic carboxylic acids is 1. The van der Waals surface area contributed by atoms with Crippen LogP contribution in [0.15, 0.2) is 18.0 Å². The quantitative estimate of drug-likeness (QED) is 0.752. The van der Waals surface area contributed by atoms with Crippen LogP contribution in [0.1, 0.15) is 30.0 Å². The lowest BCUT2D eigenvalue weighted by Gasteiger charge is -2.46. The van der Waals surface area contributed by atoms with Gasteiger partial charge in [-0.15, -0.1) is 17.9 Å². The fourth-order valence-electron chi connectivity index (χ4n) is 3.77. The Bertz CT molecular complexity index is 622. The normalized spacial score (nSPS) is 25.4. The Morgan fingerprint density at radius 2 is 2.04 bits per heavy atom. The number of aryl methyl sites for hydroxylation is 1. The summed E-state index contributed by atoms with van der Waals surface area (Å²) in [5.74, 6) is -1.36. The zero-order valence-corrected chi connectivity index (χ0v) is 16.1. The second-order valence-electron chi connectivity index (χ2n) is 6.89. The Labute approximate surface area is 160 Å². The van der Waals surface area contributed by atoms with Gasteiger partial charge < -0.3 is 9.84 Å². The molecule has 0 radical (unpaired) electrons. The van der Waals surface area contributed by atoms with Crippen molar-refractivity contribution in [2.45, 2.75) is 45.0 Å². The summed E-state index contributed by atoms with van der Waals surface area (Å²) in [7, 11) is 0. The maximum Gasteiger partial charge on any atom is 0.490 e. The lowest BCUT2D eigenvalue weighted by molar-refractivity contribution is -0.192. The molecule has 1 aromatic rings. The van der Waals surface area contributed by atoms with Gasteiger partial charge in [0.05, 0.1) is 23.4 Å². The standard InChI is InChI=1S/C16H24N2OS.C2HF3O2/c1-3-7-19-16-13-5-4-6-14(16)9-18(8-13)10-15-11-20-12(2)17-15;3-2(4,5)1(6)7/h3,11,13-14,16H,1,4-10H2,2H3;(H,6,7). The Balaban J connectivity index is 0.000000321. The van der Waals surface area contributed by atoms with Gasteiger partial charge in [0.1, 0.15) is 0 Å². The largest absolute Gasteiger partial charge is 0.490 e. The number of piperidine rings is 1. The fourth-order valence-corrected chi connectivity index (χ4v) is 4.38. The predicted octanol–water partition coefficient (Wildman–Crippen LogP) is 3.89. The van der Waals surface area contributed by atoms with Gasteiger partial charge in [0.2, 0.25) is 0 Å². The van der Waals surface area contributed by atoms with E-state index in [9.17, 15) is 13.2 Å². The molecule has 2 heterocycles. The Hall–Kier alpha value is -1.45. The van der Waals surface area contributed by atoms with Crippen molar-refractivity contribution >= 4 is 17.3 Å². The van der Waals surface area contributed by atoms with E-state index in [1.165, 1.54) is 30.0 Å². The molecule has 3 rings (SSSR count). The number of rotatable bonds is 5. The van der Waals surface area contributed by atoms with Gasteiger partial charge in [0.15, 0.2) is 0 Å². The number of nitrogens with zero attached hydrogens (tertiary/aromatic N) is 2. The molecule has 2 atom stereocenters. The van der Waals surface area contributed by atoms with E-state index in [1.807, 2.05) is 6.08 Å². The molecule has 1 saturated heterocycles. The van der Waals surface area contributed by atoms with Gasteiger partial charge in [0.25, 0.3) is 0 Å². The van der Waals surface area contributed by atoms with Crippen LogP contribution in [0.2, 0.25) is 0 Å². The van der Waals surface area contributed by atoms with Crippen molar-refractivity contribution in [2.24, 2.45) is 11.8 Å². The smallest absolute Gasteiger partial charge is 0.475 e. The van der Waals surface area contributed by atoms with Crippen molar-refractivity contribution < 1.29 is 27.8 Å². The van der Waals surface area contributed by atoms with E-state index in [2.05, 4.69) is 28.8 Å². The van der Waals surface area contributed by atoms with E-state index >= 15 is 0 Å². The van der Waals surface area contributed by atoms with Crippen molar-refractivity contribution in [1.29, 1.82) is 0 Å². The van der Waals surface area contributed by atoms with Crippen molar-refractivity contribution in [1.82, 2.24) is 9.88 Å². The van der Waals surface area contributed by atoms with Crippen LogP contribution in [0.5, 0.6) is 0 Å². The average molecular weight is 406 g/mol. The number of carboxylic acids is 1. The number of hydrogen-bond acceptors (Lipinski definition) is 5. The number of thiazole rings is 1. The van der Waals surface area contributed by atoms with Gasteiger partial charge in [-0.2, -0.15) is 13.2 Å². The second kappa shape index (κ2) is 9.66. The lowest BCUT2D eigenvalue weighted by Crippen LogP contribution is -2.52. The van der Waals surface area contributed by atoms with Crippen molar-refractivity contribution in [2.75, 3.05) is 19.7 Å². The summed E-state index contributed by atoms with van der Waals surface area (Å²) in [6, 6.07) is 0. The third-order valence-corrected chi connectivity index (χ3v) is 5.59. The number of likely N-dealkylation sites (tertiary alicyclic amines) is 1. The third kappa shape index (κ3) is 6.58. The van der Waals surface area contributed by atoms with Gasteiger partial charge in [-0.1, -0.05) is 12.5 Å². The number of fused-ring (bicyclic) bond motifs is 2. The zero-order valence-electron chi connectivity index (χ0n) is 15.2. The number of carbonyl (C=O) groups is 1. The molecule has 1 aromatic heterocycles. The summed E-state index contributed by atoms with van der Waals surface area (Å²) in [6.45, 7) is 9.88. The number of hydrogen-bond donors (Lipinski definition) is 1. The first-order valence-corrected chi connectivity index (χ1v) is 9.74. The topological polar surface area (TPSA) is 62.7 Å². The molecular weight excluding hydrogens is 381 g/mol. The van der Waals surface area contributed by atoms with Gasteiger partial charge in [-0.05, 0) is 31.6 Å². The van der Waals surface area contributed by atoms with Crippen LogP contribution in [0.3, 0.4) is 0 Å². The van der Waals surface area contributed by atoms with E-state index in [-0.39, 0.29) is 0 Å². The van der Waals surface area contributed by atoms with Gasteiger partial charge in [0, 0.05) is 25.0 Å². The number of carboxylic acid groups (broad SMARTS) is 1. The number of halogens is 3.